The van der Waals surface area contributed by atoms with Crippen molar-refractivity contribution >= 4 is 35.1 Å². The lowest BCUT2D eigenvalue weighted by Crippen LogP contribution is -2.35. The summed E-state index contributed by atoms with van der Waals surface area (Å²) in [6.45, 7) is 4.64. The highest BCUT2D eigenvalue weighted by molar-refractivity contribution is 6.35. The second-order valence-corrected chi connectivity index (χ2v) is 6.77. The van der Waals surface area contributed by atoms with Crippen molar-refractivity contribution in [3.63, 3.8) is 0 Å². The molecule has 0 radical (unpaired) electrons. The van der Waals surface area contributed by atoms with E-state index in [0.717, 1.165) is 11.1 Å². The number of hydrogen-bond acceptors (Lipinski definition) is 2. The number of nitrogens with zero attached hydrogens (tertiary/aromatic N) is 1. The molecule has 0 saturated heterocycles. The van der Waals surface area contributed by atoms with Gasteiger partial charge in [-0.2, -0.15) is 0 Å². The zero-order valence-corrected chi connectivity index (χ0v) is 16.2. The summed E-state index contributed by atoms with van der Waals surface area (Å²) in [6.07, 6.45) is 0. The highest BCUT2D eigenvalue weighted by Crippen LogP contribution is 2.25. The van der Waals surface area contributed by atoms with Crippen molar-refractivity contribution in [2.45, 2.75) is 19.9 Å². The number of aryl methyl sites for hydroxylation is 1. The van der Waals surface area contributed by atoms with Crippen LogP contribution in [0.15, 0.2) is 47.5 Å². The van der Waals surface area contributed by atoms with Gasteiger partial charge >= 0.3 is 0 Å². The Hall–Kier alpha value is -2.24. The van der Waals surface area contributed by atoms with Crippen LogP contribution in [0.3, 0.4) is 0 Å². The van der Waals surface area contributed by atoms with Gasteiger partial charge in [0.2, 0.25) is 0 Å². The summed E-state index contributed by atoms with van der Waals surface area (Å²) >= 11 is 12.1. The van der Waals surface area contributed by atoms with E-state index in [1.54, 1.807) is 18.2 Å². The van der Waals surface area contributed by atoms with Crippen molar-refractivity contribution < 1.29 is 4.79 Å². The number of halogens is 2. The number of nitrogens with two attached hydrogens (primary N) is 1. The number of carbonyl (C=O) groups excluding carboxylic acids is 1. The van der Waals surface area contributed by atoms with E-state index in [1.165, 1.54) is 0 Å². The molecule has 26 heavy (non-hydrogen) atoms. The van der Waals surface area contributed by atoms with Gasteiger partial charge in [-0.3, -0.25) is 9.79 Å². The van der Waals surface area contributed by atoms with Crippen LogP contribution in [-0.4, -0.2) is 25.0 Å². The Labute approximate surface area is 163 Å². The number of nitrogens with one attached hydrogen (secondary N) is 2. The summed E-state index contributed by atoms with van der Waals surface area (Å²) in [5.41, 5.74) is 8.44. The number of guanidine groups is 1. The minimum atomic E-state index is -0.128. The average molecular weight is 393 g/mol. The molecule has 0 saturated carbocycles. The lowest BCUT2D eigenvalue weighted by molar-refractivity contribution is 0.0954. The molecule has 4 N–H and O–H groups in total. The van der Waals surface area contributed by atoms with Crippen LogP contribution in [0.4, 0.5) is 0 Å². The van der Waals surface area contributed by atoms with E-state index >= 15 is 0 Å². The molecule has 0 heterocycles. The zero-order valence-electron chi connectivity index (χ0n) is 14.7. The van der Waals surface area contributed by atoms with E-state index in [1.807, 2.05) is 38.1 Å². The SMILES string of the molecule is Cc1cccc(C(=O)NCCN=C(N)NC(C)c2ccc(Cl)cc2Cl)c1. The van der Waals surface area contributed by atoms with Crippen molar-refractivity contribution in [2.24, 2.45) is 10.7 Å². The molecule has 2 aromatic rings. The molecule has 1 amide bonds. The number of hydrogen-bond donors (Lipinski definition) is 3. The number of carbonyl (C=O) groups is 1. The van der Waals surface area contributed by atoms with E-state index < -0.39 is 0 Å². The first-order chi connectivity index (χ1) is 12.4. The van der Waals surface area contributed by atoms with Gasteiger partial charge in [-0.25, -0.2) is 0 Å². The summed E-state index contributed by atoms with van der Waals surface area (Å²) in [7, 11) is 0. The largest absolute Gasteiger partial charge is 0.370 e. The minimum Gasteiger partial charge on any atom is -0.370 e. The predicted octanol–water partition coefficient (Wildman–Crippen LogP) is 3.70. The Morgan fingerprint density at radius 1 is 1.23 bits per heavy atom. The summed E-state index contributed by atoms with van der Waals surface area (Å²) in [4.78, 5) is 16.3. The van der Waals surface area contributed by atoms with Crippen LogP contribution in [0.5, 0.6) is 0 Å². The highest BCUT2D eigenvalue weighted by Gasteiger charge is 2.10. The van der Waals surface area contributed by atoms with Crippen molar-refractivity contribution in [1.82, 2.24) is 10.6 Å². The molecule has 2 rings (SSSR count). The van der Waals surface area contributed by atoms with E-state index in [9.17, 15) is 4.79 Å². The van der Waals surface area contributed by atoms with Crippen molar-refractivity contribution in [3.05, 3.63) is 69.2 Å². The van der Waals surface area contributed by atoms with Crippen LogP contribution in [-0.2, 0) is 0 Å². The van der Waals surface area contributed by atoms with Gasteiger partial charge in [0.15, 0.2) is 5.96 Å². The lowest BCUT2D eigenvalue weighted by atomic mass is 10.1. The highest BCUT2D eigenvalue weighted by atomic mass is 35.5. The Morgan fingerprint density at radius 2 is 2.00 bits per heavy atom. The topological polar surface area (TPSA) is 79.5 Å². The maximum Gasteiger partial charge on any atom is 0.251 e. The van der Waals surface area contributed by atoms with Gasteiger partial charge in [0, 0.05) is 22.2 Å². The molecule has 7 heteroatoms. The number of benzene rings is 2. The molecular weight excluding hydrogens is 371 g/mol. The Balaban J connectivity index is 1.81. The first kappa shape index (κ1) is 20.1. The van der Waals surface area contributed by atoms with Crippen molar-refractivity contribution in [1.29, 1.82) is 0 Å². The van der Waals surface area contributed by atoms with Crippen LogP contribution >= 0.6 is 23.2 Å². The quantitative estimate of drug-likeness (QED) is 0.398. The van der Waals surface area contributed by atoms with Crippen LogP contribution in [0.1, 0.15) is 34.5 Å². The van der Waals surface area contributed by atoms with Crippen LogP contribution in [0.2, 0.25) is 10.0 Å². The Kier molecular flexibility index (Phi) is 7.30. The van der Waals surface area contributed by atoms with E-state index in [0.29, 0.717) is 28.7 Å². The van der Waals surface area contributed by atoms with Gasteiger partial charge in [-0.1, -0.05) is 47.0 Å². The molecule has 0 spiro atoms. The summed E-state index contributed by atoms with van der Waals surface area (Å²) < 4.78 is 0. The van der Waals surface area contributed by atoms with Gasteiger partial charge in [-0.05, 0) is 43.7 Å². The third kappa shape index (κ3) is 5.93. The Morgan fingerprint density at radius 3 is 2.69 bits per heavy atom. The Bertz CT molecular complexity index is 808. The summed E-state index contributed by atoms with van der Waals surface area (Å²) in [6, 6.07) is 12.6. The monoisotopic (exact) mass is 392 g/mol. The second-order valence-electron chi connectivity index (χ2n) is 5.92. The molecule has 1 unspecified atom stereocenters. The molecule has 0 aliphatic carbocycles. The van der Waals surface area contributed by atoms with Crippen LogP contribution in [0.25, 0.3) is 0 Å². The van der Waals surface area contributed by atoms with Crippen molar-refractivity contribution in [2.75, 3.05) is 13.1 Å². The minimum absolute atomic E-state index is 0.120. The number of aliphatic imine (C=N–C) groups is 1. The second kappa shape index (κ2) is 9.46. The number of amides is 1. The maximum absolute atomic E-state index is 12.0. The fraction of sp³-hybridized carbons (Fsp3) is 0.263. The van der Waals surface area contributed by atoms with Crippen LogP contribution in [0, 0.1) is 6.92 Å². The van der Waals surface area contributed by atoms with Gasteiger partial charge in [0.25, 0.3) is 5.91 Å². The molecule has 0 aliphatic rings. The third-order valence-electron chi connectivity index (χ3n) is 3.75. The molecule has 0 fully saturated rings. The molecule has 138 valence electrons. The van der Waals surface area contributed by atoms with Gasteiger partial charge in [0.1, 0.15) is 0 Å². The van der Waals surface area contributed by atoms with E-state index in [-0.39, 0.29) is 17.9 Å². The van der Waals surface area contributed by atoms with Crippen molar-refractivity contribution in [3.8, 4) is 0 Å². The first-order valence-electron chi connectivity index (χ1n) is 8.23. The standard InChI is InChI=1S/C19H22Cl2N4O/c1-12-4-3-5-14(10-12)18(26)23-8-9-24-19(22)25-13(2)16-7-6-15(20)11-17(16)21/h3-7,10-11,13H,8-9H2,1-2H3,(H,23,26)(H3,22,24,25). The lowest BCUT2D eigenvalue weighted by Gasteiger charge is -2.16. The number of rotatable bonds is 6. The summed E-state index contributed by atoms with van der Waals surface area (Å²) in [5, 5.41) is 7.03. The van der Waals surface area contributed by atoms with E-state index in [2.05, 4.69) is 15.6 Å². The van der Waals surface area contributed by atoms with Gasteiger partial charge < -0.3 is 16.4 Å². The molecular formula is C19H22Cl2N4O. The normalized spacial score (nSPS) is 12.5. The maximum atomic E-state index is 12.0. The van der Waals surface area contributed by atoms with Gasteiger partial charge in [0.05, 0.1) is 12.6 Å². The third-order valence-corrected chi connectivity index (χ3v) is 4.32. The molecule has 1 atom stereocenters. The van der Waals surface area contributed by atoms with E-state index in [4.69, 9.17) is 28.9 Å². The fourth-order valence-electron chi connectivity index (χ4n) is 2.43. The van der Waals surface area contributed by atoms with Crippen LogP contribution < -0.4 is 16.4 Å². The first-order valence-corrected chi connectivity index (χ1v) is 8.98. The smallest absolute Gasteiger partial charge is 0.251 e. The fourth-order valence-corrected chi connectivity index (χ4v) is 3.00. The molecule has 0 bridgehead atoms. The van der Waals surface area contributed by atoms with Gasteiger partial charge in [-0.15, -0.1) is 0 Å². The predicted molar refractivity (Wildman–Crippen MR) is 108 cm³/mol. The zero-order chi connectivity index (χ0) is 19.1. The summed E-state index contributed by atoms with van der Waals surface area (Å²) in [5.74, 6) is 0.157. The molecule has 0 aromatic heterocycles. The average Bonchev–Trinajstić information content (AvgIpc) is 2.58. The molecule has 2 aromatic carbocycles. The molecule has 0 aliphatic heterocycles. The molecule has 5 nitrogen and oxygen atoms in total.